The van der Waals surface area contributed by atoms with Gasteiger partial charge in [0.15, 0.2) is 0 Å². The molecule has 1 aliphatic heterocycles. The van der Waals surface area contributed by atoms with Crippen molar-refractivity contribution in [2.24, 2.45) is 0 Å². The molecule has 0 saturated carbocycles. The third-order valence-corrected chi connectivity index (χ3v) is 9.38. The summed E-state index contributed by atoms with van der Waals surface area (Å²) in [6.07, 6.45) is 0.606. The Hall–Kier alpha value is -2.35. The van der Waals surface area contributed by atoms with Crippen molar-refractivity contribution in [3.8, 4) is 0 Å². The van der Waals surface area contributed by atoms with Gasteiger partial charge >= 0.3 is 29.6 Å². The first kappa shape index (κ1) is 37.5. The van der Waals surface area contributed by atoms with Crippen molar-refractivity contribution in [3.63, 3.8) is 0 Å². The van der Waals surface area contributed by atoms with Crippen molar-refractivity contribution in [1.82, 2.24) is 15.0 Å². The van der Waals surface area contributed by atoms with Gasteiger partial charge in [0.2, 0.25) is 0 Å². The van der Waals surface area contributed by atoms with Gasteiger partial charge in [0.1, 0.15) is 9.85 Å². The minimum atomic E-state index is -1.22. The summed E-state index contributed by atoms with van der Waals surface area (Å²) in [4.78, 5) is 0. The van der Waals surface area contributed by atoms with Crippen LogP contribution in [0, 0.1) is 3.70 Å². The SMILES string of the molecule is Ic1c2nnn1CCOCCOCCOCCOCCC2.[Na+].c1ccc([B-](c2ccccc2)(c2ccccc2)c2ccccc2)cc1. The summed E-state index contributed by atoms with van der Waals surface area (Å²) in [6, 6.07) is 43.5. The van der Waals surface area contributed by atoms with Crippen LogP contribution < -0.4 is 51.4 Å². The van der Waals surface area contributed by atoms with Crippen molar-refractivity contribution in [2.75, 3.05) is 52.9 Å². The molecule has 240 valence electrons. The van der Waals surface area contributed by atoms with E-state index >= 15 is 0 Å². The predicted molar refractivity (Wildman–Crippen MR) is 194 cm³/mol. The third kappa shape index (κ3) is 10.6. The van der Waals surface area contributed by atoms with E-state index in [4.69, 9.17) is 18.9 Å². The van der Waals surface area contributed by atoms with Gasteiger partial charge in [-0.15, -0.1) is 5.10 Å². The Morgan fingerprint density at radius 3 is 1.28 bits per heavy atom. The minimum Gasteiger partial charge on any atom is -0.379 e. The Labute approximate surface area is 314 Å². The van der Waals surface area contributed by atoms with Crippen LogP contribution in [0.1, 0.15) is 12.1 Å². The van der Waals surface area contributed by atoms with E-state index in [1.54, 1.807) is 0 Å². The summed E-state index contributed by atoms with van der Waals surface area (Å²) in [5.74, 6) is 0. The van der Waals surface area contributed by atoms with E-state index in [1.165, 1.54) is 21.9 Å². The quantitative estimate of drug-likeness (QED) is 0.202. The molecule has 0 aliphatic carbocycles. The molecule has 6 rings (SSSR count). The average molecular weight is 753 g/mol. The van der Waals surface area contributed by atoms with Gasteiger partial charge in [0.05, 0.1) is 58.5 Å². The second-order valence-corrected chi connectivity index (χ2v) is 12.1. The molecule has 0 radical (unpaired) electrons. The maximum atomic E-state index is 5.52. The van der Waals surface area contributed by atoms with Crippen LogP contribution in [-0.4, -0.2) is 74.0 Å². The monoisotopic (exact) mass is 753 g/mol. The zero-order valence-electron chi connectivity index (χ0n) is 27.3. The third-order valence-electron chi connectivity index (χ3n) is 8.20. The molecule has 10 heteroatoms. The molecule has 4 aromatic carbocycles. The van der Waals surface area contributed by atoms with Crippen molar-refractivity contribution in [2.45, 2.75) is 19.4 Å². The van der Waals surface area contributed by atoms with Crippen molar-refractivity contribution in [1.29, 1.82) is 0 Å². The van der Waals surface area contributed by atoms with E-state index in [1.807, 2.05) is 4.68 Å². The van der Waals surface area contributed by atoms with Crippen LogP contribution in [0.15, 0.2) is 121 Å². The molecule has 0 atom stereocenters. The van der Waals surface area contributed by atoms with Crippen molar-refractivity contribution >= 4 is 50.6 Å². The number of benzene rings is 4. The first-order valence-electron chi connectivity index (χ1n) is 16.1. The Balaban J connectivity index is 0.000000212. The van der Waals surface area contributed by atoms with Crippen LogP contribution in [0.5, 0.6) is 0 Å². The summed E-state index contributed by atoms with van der Waals surface area (Å²) < 4.78 is 24.8. The molecular formula is C37H42BIN3NaO4. The minimum absolute atomic E-state index is 0. The van der Waals surface area contributed by atoms with Crippen molar-refractivity contribution < 1.29 is 48.5 Å². The van der Waals surface area contributed by atoms with Gasteiger partial charge in [-0.1, -0.05) is 127 Å². The predicted octanol–water partition coefficient (Wildman–Crippen LogP) is 0.963. The maximum Gasteiger partial charge on any atom is 1.00 e. The normalized spacial score (nSPS) is 15.2. The number of aromatic nitrogens is 3. The standard InChI is InChI=1S/C24H20B.C13H22IN3O4.Na/c1-5-13-21(14-6-1)25(22-15-7-2-8-16-22,23-17-9-3-10-18-23)24-19-11-4-12-20-24;14-13-12-2-1-4-18-6-8-20-10-11-21-9-7-19-5-3-17(13)16-15-12;/h1-20H;1-11H2;/q-1;;+1. The van der Waals surface area contributed by atoms with Crippen LogP contribution >= 0.6 is 22.6 Å². The number of nitrogens with zero attached hydrogens (tertiary/aromatic N) is 3. The van der Waals surface area contributed by atoms with Gasteiger partial charge in [0, 0.05) is 6.61 Å². The van der Waals surface area contributed by atoms with Gasteiger partial charge in [-0.2, -0.15) is 21.9 Å². The van der Waals surface area contributed by atoms with Crippen molar-refractivity contribution in [3.05, 3.63) is 131 Å². The largest absolute Gasteiger partial charge is 1.00 e. The maximum absolute atomic E-state index is 5.52. The number of hydrogen-bond acceptors (Lipinski definition) is 6. The summed E-state index contributed by atoms with van der Waals surface area (Å²) in [6.45, 7) is 5.62. The van der Waals surface area contributed by atoms with E-state index < -0.39 is 6.15 Å². The molecule has 0 amide bonds. The number of aryl methyl sites for hydroxylation is 1. The van der Waals surface area contributed by atoms with Gasteiger partial charge in [-0.3, -0.25) is 0 Å². The van der Waals surface area contributed by atoms with Gasteiger partial charge in [-0.25, -0.2) is 4.68 Å². The topological polar surface area (TPSA) is 67.6 Å². The molecule has 0 unspecified atom stereocenters. The molecule has 0 fully saturated rings. The van der Waals surface area contributed by atoms with Crippen LogP contribution in [0.3, 0.4) is 0 Å². The zero-order valence-corrected chi connectivity index (χ0v) is 31.4. The van der Waals surface area contributed by atoms with Crippen LogP contribution in [-0.2, 0) is 31.9 Å². The molecular weight excluding hydrogens is 711 g/mol. The van der Waals surface area contributed by atoms with Crippen LogP contribution in [0.2, 0.25) is 0 Å². The Bertz CT molecular complexity index is 1350. The molecule has 2 bridgehead atoms. The summed E-state index contributed by atoms with van der Waals surface area (Å²) in [7, 11) is 0. The Morgan fingerprint density at radius 1 is 0.511 bits per heavy atom. The van der Waals surface area contributed by atoms with Crippen LogP contribution in [0.25, 0.3) is 0 Å². The van der Waals surface area contributed by atoms with E-state index in [9.17, 15) is 0 Å². The molecule has 1 aliphatic rings. The fourth-order valence-electron chi connectivity index (χ4n) is 6.01. The Morgan fingerprint density at radius 2 is 0.872 bits per heavy atom. The molecule has 0 saturated heterocycles. The second kappa shape index (κ2) is 20.9. The zero-order chi connectivity index (χ0) is 31.7. The van der Waals surface area contributed by atoms with E-state index in [-0.39, 0.29) is 29.6 Å². The number of hydrogen-bond donors (Lipinski definition) is 0. The molecule has 47 heavy (non-hydrogen) atoms. The first-order chi connectivity index (χ1) is 22.8. The summed E-state index contributed by atoms with van der Waals surface area (Å²) in [5.41, 5.74) is 6.38. The molecule has 5 aromatic rings. The van der Waals surface area contributed by atoms with E-state index in [2.05, 4.69) is 154 Å². The number of rotatable bonds is 4. The fourth-order valence-corrected chi connectivity index (χ4v) is 6.72. The molecule has 0 spiro atoms. The average Bonchev–Trinajstić information content (AvgIpc) is 3.47. The smallest absolute Gasteiger partial charge is 0.379 e. The fraction of sp³-hybridized carbons (Fsp3) is 0.297. The molecule has 1 aromatic heterocycles. The molecule has 7 nitrogen and oxygen atoms in total. The van der Waals surface area contributed by atoms with Gasteiger partial charge < -0.3 is 18.9 Å². The number of fused-ring (bicyclic) bond motifs is 2. The number of halogens is 1. The van der Waals surface area contributed by atoms with Gasteiger partial charge in [0.25, 0.3) is 0 Å². The van der Waals surface area contributed by atoms with Gasteiger partial charge in [-0.05, 0) is 35.4 Å². The second-order valence-electron chi connectivity index (χ2n) is 11.1. The van der Waals surface area contributed by atoms with E-state index in [0.29, 0.717) is 59.4 Å². The first-order valence-corrected chi connectivity index (χ1v) is 17.1. The summed E-state index contributed by atoms with van der Waals surface area (Å²) in [5, 5.41) is 8.38. The molecule has 0 N–H and O–H groups in total. The molecule has 2 heterocycles. The summed E-state index contributed by atoms with van der Waals surface area (Å²) >= 11 is 2.29. The number of ether oxygens (including phenoxy) is 4. The van der Waals surface area contributed by atoms with Crippen LogP contribution in [0.4, 0.5) is 0 Å². The van der Waals surface area contributed by atoms with E-state index in [0.717, 1.165) is 22.2 Å². The Kier molecular flexibility index (Phi) is 16.7.